The van der Waals surface area contributed by atoms with Crippen LogP contribution in [0.15, 0.2) is 35.3 Å². The molecule has 1 aromatic rings. The van der Waals surface area contributed by atoms with Gasteiger partial charge in [-0.1, -0.05) is 46.3 Å². The summed E-state index contributed by atoms with van der Waals surface area (Å²) in [5.41, 5.74) is 3.45. The molecule has 0 bridgehead atoms. The Hall–Kier alpha value is -1.35. The van der Waals surface area contributed by atoms with E-state index in [1.54, 1.807) is 0 Å². The predicted octanol–water partition coefficient (Wildman–Crippen LogP) is 3.34. The molecule has 0 spiro atoms. The van der Waals surface area contributed by atoms with Crippen LogP contribution in [0.2, 0.25) is 0 Å². The lowest BCUT2D eigenvalue weighted by Gasteiger charge is -2.02. The van der Waals surface area contributed by atoms with Crippen LogP contribution in [0.25, 0.3) is 6.08 Å². The Morgan fingerprint density at radius 2 is 2.18 bits per heavy atom. The molecule has 2 nitrogen and oxygen atoms in total. The standard InChI is InChI=1S/C14H16BrNO/c1-10-4-5-13(11(2)8-10)6-7-14(17)16-9-12(3)15/h4-8H,3,9H2,1-2H3,(H,16,17)/b7-6+. The Kier molecular flexibility index (Phi) is 5.16. The van der Waals surface area contributed by atoms with Crippen LogP contribution in [0.1, 0.15) is 16.7 Å². The molecule has 0 aliphatic heterocycles. The highest BCUT2D eigenvalue weighted by Crippen LogP contribution is 2.11. The van der Waals surface area contributed by atoms with Gasteiger partial charge in [-0.2, -0.15) is 0 Å². The van der Waals surface area contributed by atoms with Gasteiger partial charge in [0.05, 0.1) is 0 Å². The zero-order chi connectivity index (χ0) is 12.8. The van der Waals surface area contributed by atoms with E-state index in [0.29, 0.717) is 6.54 Å². The summed E-state index contributed by atoms with van der Waals surface area (Å²) >= 11 is 3.19. The minimum absolute atomic E-state index is 0.120. The molecule has 3 heteroatoms. The first-order valence-corrected chi connectivity index (χ1v) is 6.15. The summed E-state index contributed by atoms with van der Waals surface area (Å²) in [7, 11) is 0. The Morgan fingerprint density at radius 3 is 2.76 bits per heavy atom. The smallest absolute Gasteiger partial charge is 0.244 e. The average Bonchev–Trinajstić information content (AvgIpc) is 2.25. The second-order valence-electron chi connectivity index (χ2n) is 3.93. The van der Waals surface area contributed by atoms with Crippen molar-refractivity contribution >= 4 is 27.9 Å². The van der Waals surface area contributed by atoms with E-state index in [2.05, 4.69) is 40.8 Å². The van der Waals surface area contributed by atoms with Crippen LogP contribution < -0.4 is 5.32 Å². The van der Waals surface area contributed by atoms with Gasteiger partial charge in [-0.25, -0.2) is 0 Å². The topological polar surface area (TPSA) is 29.1 Å². The molecule has 1 rings (SSSR count). The maximum absolute atomic E-state index is 11.4. The monoisotopic (exact) mass is 293 g/mol. The van der Waals surface area contributed by atoms with Gasteiger partial charge in [0.1, 0.15) is 0 Å². The molecular weight excluding hydrogens is 278 g/mol. The molecule has 17 heavy (non-hydrogen) atoms. The first-order valence-electron chi connectivity index (χ1n) is 5.35. The normalized spacial score (nSPS) is 10.5. The van der Waals surface area contributed by atoms with Gasteiger partial charge in [-0.05, 0) is 31.1 Å². The van der Waals surface area contributed by atoms with Crippen molar-refractivity contribution in [3.63, 3.8) is 0 Å². The molecule has 0 radical (unpaired) electrons. The Morgan fingerprint density at radius 1 is 1.47 bits per heavy atom. The van der Waals surface area contributed by atoms with E-state index in [0.717, 1.165) is 10.0 Å². The summed E-state index contributed by atoms with van der Waals surface area (Å²) < 4.78 is 0.755. The second kappa shape index (κ2) is 6.40. The molecule has 1 aromatic carbocycles. The van der Waals surface area contributed by atoms with Crippen molar-refractivity contribution in [1.29, 1.82) is 0 Å². The number of aryl methyl sites for hydroxylation is 2. The van der Waals surface area contributed by atoms with E-state index in [9.17, 15) is 4.79 Å². The molecule has 0 saturated heterocycles. The van der Waals surface area contributed by atoms with Crippen molar-refractivity contribution in [3.8, 4) is 0 Å². The van der Waals surface area contributed by atoms with Crippen LogP contribution in [-0.4, -0.2) is 12.5 Å². The minimum atomic E-state index is -0.120. The highest BCUT2D eigenvalue weighted by molar-refractivity contribution is 9.11. The fourth-order valence-electron chi connectivity index (χ4n) is 1.42. The summed E-state index contributed by atoms with van der Waals surface area (Å²) in [4.78, 5) is 11.4. The fraction of sp³-hybridized carbons (Fsp3) is 0.214. The van der Waals surface area contributed by atoms with Crippen LogP contribution in [0.3, 0.4) is 0 Å². The maximum atomic E-state index is 11.4. The van der Waals surface area contributed by atoms with Crippen molar-refractivity contribution in [2.45, 2.75) is 13.8 Å². The van der Waals surface area contributed by atoms with E-state index in [-0.39, 0.29) is 5.91 Å². The Labute approximate surface area is 111 Å². The van der Waals surface area contributed by atoms with Crippen LogP contribution in [0, 0.1) is 13.8 Å². The van der Waals surface area contributed by atoms with Gasteiger partial charge in [0.15, 0.2) is 0 Å². The van der Waals surface area contributed by atoms with Crippen molar-refractivity contribution in [2.24, 2.45) is 0 Å². The summed E-state index contributed by atoms with van der Waals surface area (Å²) in [5, 5.41) is 2.71. The third kappa shape index (κ3) is 5.00. The van der Waals surface area contributed by atoms with Gasteiger partial charge in [0.25, 0.3) is 0 Å². The quantitative estimate of drug-likeness (QED) is 0.848. The SMILES string of the molecule is C=C(Br)CNC(=O)/C=C/c1ccc(C)cc1C. The van der Waals surface area contributed by atoms with Crippen LogP contribution in [0.5, 0.6) is 0 Å². The third-order valence-corrected chi connectivity index (χ3v) is 2.57. The van der Waals surface area contributed by atoms with E-state index < -0.39 is 0 Å². The number of hydrogen-bond donors (Lipinski definition) is 1. The number of carbonyl (C=O) groups excluding carboxylic acids is 1. The first kappa shape index (κ1) is 13.7. The zero-order valence-electron chi connectivity index (χ0n) is 10.1. The number of nitrogens with one attached hydrogen (secondary N) is 1. The lowest BCUT2D eigenvalue weighted by Crippen LogP contribution is -2.21. The van der Waals surface area contributed by atoms with Crippen molar-refractivity contribution in [3.05, 3.63) is 52.0 Å². The lowest BCUT2D eigenvalue weighted by atomic mass is 10.1. The van der Waals surface area contributed by atoms with E-state index in [1.807, 2.05) is 25.1 Å². The maximum Gasteiger partial charge on any atom is 0.244 e. The van der Waals surface area contributed by atoms with E-state index in [1.165, 1.54) is 17.2 Å². The Balaban J connectivity index is 2.64. The molecule has 0 saturated carbocycles. The summed E-state index contributed by atoms with van der Waals surface area (Å²) in [5.74, 6) is -0.120. The van der Waals surface area contributed by atoms with Gasteiger partial charge in [-0.15, -0.1) is 0 Å². The largest absolute Gasteiger partial charge is 0.348 e. The molecule has 1 N–H and O–H groups in total. The van der Waals surface area contributed by atoms with Crippen molar-refractivity contribution in [1.82, 2.24) is 5.32 Å². The van der Waals surface area contributed by atoms with Crippen LogP contribution in [0.4, 0.5) is 0 Å². The first-order chi connectivity index (χ1) is 7.99. The van der Waals surface area contributed by atoms with Gasteiger partial charge >= 0.3 is 0 Å². The molecular formula is C14H16BrNO. The highest BCUT2D eigenvalue weighted by Gasteiger charge is 1.97. The van der Waals surface area contributed by atoms with Gasteiger partial charge in [0.2, 0.25) is 5.91 Å². The van der Waals surface area contributed by atoms with Gasteiger partial charge in [0, 0.05) is 17.1 Å². The molecule has 0 aliphatic rings. The Bertz CT molecular complexity index is 463. The molecule has 0 heterocycles. The molecule has 0 fully saturated rings. The summed E-state index contributed by atoms with van der Waals surface area (Å²) in [6, 6.07) is 6.14. The van der Waals surface area contributed by atoms with E-state index in [4.69, 9.17) is 0 Å². The number of rotatable bonds is 4. The highest BCUT2D eigenvalue weighted by atomic mass is 79.9. The second-order valence-corrected chi connectivity index (χ2v) is 5.05. The predicted molar refractivity (Wildman–Crippen MR) is 76.0 cm³/mol. The van der Waals surface area contributed by atoms with Crippen molar-refractivity contribution < 1.29 is 4.79 Å². The van der Waals surface area contributed by atoms with Crippen molar-refractivity contribution in [2.75, 3.05) is 6.54 Å². The molecule has 1 amide bonds. The summed E-state index contributed by atoms with van der Waals surface area (Å²) in [6.07, 6.45) is 3.36. The van der Waals surface area contributed by atoms with Gasteiger partial charge < -0.3 is 5.32 Å². The third-order valence-electron chi connectivity index (χ3n) is 2.29. The van der Waals surface area contributed by atoms with E-state index >= 15 is 0 Å². The zero-order valence-corrected chi connectivity index (χ0v) is 11.7. The average molecular weight is 294 g/mol. The van der Waals surface area contributed by atoms with Gasteiger partial charge in [-0.3, -0.25) is 4.79 Å². The number of hydrogen-bond acceptors (Lipinski definition) is 1. The fourth-order valence-corrected chi connectivity index (χ4v) is 1.56. The number of halogens is 1. The molecule has 0 atom stereocenters. The number of carbonyl (C=O) groups is 1. The molecule has 90 valence electrons. The summed E-state index contributed by atoms with van der Waals surface area (Å²) in [6.45, 7) is 8.17. The van der Waals surface area contributed by atoms with Crippen LogP contribution >= 0.6 is 15.9 Å². The number of amides is 1. The minimum Gasteiger partial charge on any atom is -0.348 e. The van der Waals surface area contributed by atoms with Crippen LogP contribution in [-0.2, 0) is 4.79 Å². The molecule has 0 aromatic heterocycles. The molecule has 0 unspecified atom stereocenters. The lowest BCUT2D eigenvalue weighted by molar-refractivity contribution is -0.116. The number of benzene rings is 1. The molecule has 0 aliphatic carbocycles.